The van der Waals surface area contributed by atoms with E-state index >= 15 is 0 Å². The van der Waals surface area contributed by atoms with Gasteiger partial charge in [0.15, 0.2) is 9.84 Å². The SMILES string of the molecule is CC(C)(CO)C(=O)C[C@@H]1CC[C@@]2(S(=O)(=O)c3ccc(F)cc3)c3ccc(C(C)(F)C(F)(F)F)cc3CC[C@@H]12. The molecule has 0 bridgehead atoms. The predicted molar refractivity (Wildman–Crippen MR) is 131 cm³/mol. The van der Waals surface area contributed by atoms with Crippen LogP contribution in [-0.2, 0) is 31.5 Å². The fourth-order valence-corrected chi connectivity index (χ4v) is 8.60. The Kier molecular flexibility index (Phi) is 7.09. The minimum atomic E-state index is -5.16. The topological polar surface area (TPSA) is 71.4 Å². The van der Waals surface area contributed by atoms with E-state index in [2.05, 4.69) is 0 Å². The van der Waals surface area contributed by atoms with Gasteiger partial charge in [0.25, 0.3) is 0 Å². The average Bonchev–Trinajstić information content (AvgIpc) is 3.23. The number of Topliss-reactive ketones (excluding diaryl/α,β-unsaturated/α-hetero) is 1. The number of fused-ring (bicyclic) bond motifs is 3. The van der Waals surface area contributed by atoms with Gasteiger partial charge in [0.2, 0.25) is 5.67 Å². The molecule has 2 aliphatic carbocycles. The van der Waals surface area contributed by atoms with E-state index in [1.54, 1.807) is 13.8 Å². The molecule has 2 aromatic carbocycles. The van der Waals surface area contributed by atoms with Crippen LogP contribution in [-0.4, -0.2) is 32.1 Å². The van der Waals surface area contributed by atoms with Crippen LogP contribution >= 0.6 is 0 Å². The highest BCUT2D eigenvalue weighted by atomic mass is 32.2. The Bertz CT molecular complexity index is 1330. The van der Waals surface area contributed by atoms with Crippen LogP contribution in [0.15, 0.2) is 47.4 Å². The summed E-state index contributed by atoms with van der Waals surface area (Å²) in [6, 6.07) is 7.76. The van der Waals surface area contributed by atoms with Gasteiger partial charge < -0.3 is 5.11 Å². The largest absolute Gasteiger partial charge is 0.426 e. The third-order valence-electron chi connectivity index (χ3n) is 8.62. The standard InChI is InChI=1S/C28H31F5O4S/c1-25(2,16-34)24(35)15-18-12-13-27(38(36,37)21-8-6-20(29)7-9-21)22(18)10-4-17-14-19(5-11-23(17)27)26(3,30)28(31,32)33/h5-9,11,14,18,22,34H,4,10,12-13,15-16H2,1-3H3/t18-,22-,26?,27-/m0/s1. The average molecular weight is 559 g/mol. The maximum atomic E-state index is 14.8. The number of rotatable bonds is 7. The van der Waals surface area contributed by atoms with Gasteiger partial charge in [-0.3, -0.25) is 4.79 Å². The first-order chi connectivity index (χ1) is 17.5. The molecule has 10 heteroatoms. The molecule has 0 saturated heterocycles. The van der Waals surface area contributed by atoms with Gasteiger partial charge >= 0.3 is 6.18 Å². The van der Waals surface area contributed by atoms with Crippen LogP contribution in [0.4, 0.5) is 22.0 Å². The minimum Gasteiger partial charge on any atom is -0.395 e. The van der Waals surface area contributed by atoms with E-state index in [-0.39, 0.29) is 48.9 Å². The number of carbonyl (C=O) groups is 1. The van der Waals surface area contributed by atoms with Gasteiger partial charge in [-0.15, -0.1) is 0 Å². The summed E-state index contributed by atoms with van der Waals surface area (Å²) in [5.41, 5.74) is -4.61. The molecule has 0 aromatic heterocycles. The van der Waals surface area contributed by atoms with Crippen molar-refractivity contribution < 1.29 is 40.3 Å². The lowest BCUT2D eigenvalue weighted by Crippen LogP contribution is -2.45. The van der Waals surface area contributed by atoms with Crippen LogP contribution < -0.4 is 0 Å². The van der Waals surface area contributed by atoms with Crippen LogP contribution in [0, 0.1) is 23.1 Å². The summed E-state index contributed by atoms with van der Waals surface area (Å²) in [7, 11) is -4.22. The Labute approximate surface area is 219 Å². The molecule has 0 spiro atoms. The quantitative estimate of drug-likeness (QED) is 0.325. The summed E-state index contributed by atoms with van der Waals surface area (Å²) < 4.78 is 95.8. The zero-order chi connectivity index (χ0) is 28.3. The highest BCUT2D eigenvalue weighted by molar-refractivity contribution is 7.92. The lowest BCUT2D eigenvalue weighted by molar-refractivity contribution is -0.228. The fraction of sp³-hybridized carbons (Fsp3) is 0.536. The summed E-state index contributed by atoms with van der Waals surface area (Å²) in [5.74, 6) is -1.73. The van der Waals surface area contributed by atoms with Crippen molar-refractivity contribution in [1.82, 2.24) is 0 Å². The number of aliphatic hydroxyl groups excluding tert-OH is 1. The van der Waals surface area contributed by atoms with Crippen molar-refractivity contribution in [1.29, 1.82) is 0 Å². The van der Waals surface area contributed by atoms with E-state index in [9.17, 15) is 40.3 Å². The van der Waals surface area contributed by atoms with E-state index in [0.717, 1.165) is 36.4 Å². The van der Waals surface area contributed by atoms with Crippen LogP contribution in [0.25, 0.3) is 0 Å². The molecule has 0 aliphatic heterocycles. The Hall–Kier alpha value is -2.33. The molecule has 4 nitrogen and oxygen atoms in total. The number of hydrogen-bond acceptors (Lipinski definition) is 4. The van der Waals surface area contributed by atoms with Crippen molar-refractivity contribution >= 4 is 15.6 Å². The van der Waals surface area contributed by atoms with E-state index in [4.69, 9.17) is 0 Å². The van der Waals surface area contributed by atoms with Crippen molar-refractivity contribution in [2.45, 2.75) is 74.4 Å². The summed E-state index contributed by atoms with van der Waals surface area (Å²) >= 11 is 0. The summed E-state index contributed by atoms with van der Waals surface area (Å²) in [4.78, 5) is 12.9. The number of aliphatic hydroxyl groups is 1. The number of sulfone groups is 1. The molecule has 1 N–H and O–H groups in total. The number of aryl methyl sites for hydroxylation is 1. The van der Waals surface area contributed by atoms with E-state index in [0.29, 0.717) is 24.5 Å². The van der Waals surface area contributed by atoms with Crippen LogP contribution in [0.1, 0.15) is 63.1 Å². The third-order valence-corrected chi connectivity index (χ3v) is 11.2. The molecular weight excluding hydrogens is 527 g/mol. The molecule has 0 radical (unpaired) electrons. The van der Waals surface area contributed by atoms with Gasteiger partial charge in [0.1, 0.15) is 16.3 Å². The molecule has 0 amide bonds. The molecule has 4 rings (SSSR count). The molecule has 4 atom stereocenters. The van der Waals surface area contributed by atoms with Crippen molar-refractivity contribution in [2.75, 3.05) is 6.61 Å². The lowest BCUT2D eigenvalue weighted by Gasteiger charge is -2.43. The number of carbonyl (C=O) groups excluding carboxylic acids is 1. The highest BCUT2D eigenvalue weighted by Crippen LogP contribution is 2.60. The van der Waals surface area contributed by atoms with E-state index < -0.39 is 49.1 Å². The number of benzene rings is 2. The Morgan fingerprint density at radius 2 is 1.66 bits per heavy atom. The van der Waals surface area contributed by atoms with Crippen molar-refractivity contribution in [3.8, 4) is 0 Å². The number of hydrogen-bond donors (Lipinski definition) is 1. The smallest absolute Gasteiger partial charge is 0.395 e. The van der Waals surface area contributed by atoms with E-state index in [1.807, 2.05) is 0 Å². The Morgan fingerprint density at radius 3 is 2.24 bits per heavy atom. The molecule has 2 aliphatic rings. The normalized spacial score (nSPS) is 25.4. The molecular formula is C28H31F5O4S. The van der Waals surface area contributed by atoms with Crippen LogP contribution in [0.2, 0.25) is 0 Å². The summed E-state index contributed by atoms with van der Waals surface area (Å²) in [6.07, 6.45) is -4.16. The maximum Gasteiger partial charge on any atom is 0.426 e. The first-order valence-electron chi connectivity index (χ1n) is 12.5. The molecule has 0 heterocycles. The number of halogens is 5. The van der Waals surface area contributed by atoms with Gasteiger partial charge in [-0.2, -0.15) is 13.2 Å². The number of alkyl halides is 4. The predicted octanol–water partition coefficient (Wildman–Crippen LogP) is 6.19. The fourth-order valence-electron chi connectivity index (χ4n) is 6.10. The third kappa shape index (κ3) is 4.37. The second kappa shape index (κ2) is 9.40. The zero-order valence-electron chi connectivity index (χ0n) is 21.4. The second-order valence-electron chi connectivity index (χ2n) is 11.3. The molecule has 1 fully saturated rings. The van der Waals surface area contributed by atoms with Gasteiger partial charge in [-0.05, 0) is 85.4 Å². The summed E-state index contributed by atoms with van der Waals surface area (Å²) in [5, 5.41) is 9.64. The molecule has 1 unspecified atom stereocenters. The van der Waals surface area contributed by atoms with Gasteiger partial charge in [0.05, 0.1) is 11.5 Å². The van der Waals surface area contributed by atoms with Crippen molar-refractivity contribution in [3.63, 3.8) is 0 Å². The molecule has 38 heavy (non-hydrogen) atoms. The second-order valence-corrected chi connectivity index (χ2v) is 13.5. The van der Waals surface area contributed by atoms with Gasteiger partial charge in [0, 0.05) is 11.8 Å². The maximum absolute atomic E-state index is 14.8. The Balaban J connectivity index is 1.87. The number of ketones is 1. The summed E-state index contributed by atoms with van der Waals surface area (Å²) in [6.45, 7) is 3.29. The van der Waals surface area contributed by atoms with Crippen molar-refractivity contribution in [3.05, 3.63) is 65.0 Å². The van der Waals surface area contributed by atoms with Gasteiger partial charge in [-0.25, -0.2) is 17.2 Å². The first kappa shape index (κ1) is 28.7. The highest BCUT2D eigenvalue weighted by Gasteiger charge is 2.61. The lowest BCUT2D eigenvalue weighted by atomic mass is 9.71. The first-order valence-corrected chi connectivity index (χ1v) is 14.0. The molecule has 208 valence electrons. The van der Waals surface area contributed by atoms with Crippen LogP contribution in [0.5, 0.6) is 0 Å². The minimum absolute atomic E-state index is 0.0446. The zero-order valence-corrected chi connectivity index (χ0v) is 22.2. The van der Waals surface area contributed by atoms with E-state index in [1.165, 1.54) is 6.07 Å². The van der Waals surface area contributed by atoms with Crippen LogP contribution in [0.3, 0.4) is 0 Å². The van der Waals surface area contributed by atoms with Crippen molar-refractivity contribution in [2.24, 2.45) is 17.3 Å². The Morgan fingerprint density at radius 1 is 1.03 bits per heavy atom. The monoisotopic (exact) mass is 558 g/mol. The van der Waals surface area contributed by atoms with Gasteiger partial charge in [-0.1, -0.05) is 32.0 Å². The molecule has 1 saturated carbocycles. The molecule has 2 aromatic rings.